The lowest BCUT2D eigenvalue weighted by atomic mass is 9.92. The maximum absolute atomic E-state index is 13.4. The van der Waals surface area contributed by atoms with Crippen LogP contribution in [0.4, 0.5) is 5.69 Å². The number of hydrogen-bond donors (Lipinski definition) is 1. The van der Waals surface area contributed by atoms with Crippen molar-refractivity contribution in [2.24, 2.45) is 11.0 Å². The van der Waals surface area contributed by atoms with E-state index in [4.69, 9.17) is 44.6 Å². The number of carbonyl (C=O) groups excluding carboxylic acids is 1. The summed E-state index contributed by atoms with van der Waals surface area (Å²) >= 11 is 19.1. The molecular weight excluding hydrogens is 519 g/mol. The van der Waals surface area contributed by atoms with Gasteiger partial charge in [0.1, 0.15) is 0 Å². The van der Waals surface area contributed by atoms with E-state index < -0.39 is 0 Å². The van der Waals surface area contributed by atoms with Crippen LogP contribution in [0.3, 0.4) is 0 Å². The SMILES string of the molecule is C=C1CCCCC(Cc2ccc(Cl)cc2)CN(c2cc(Cl)ccc2Cl)/N=C\1C(=O)NN1CCOCC1. The Morgan fingerprint density at radius 1 is 1.06 bits per heavy atom. The molecule has 1 atom stereocenters. The van der Waals surface area contributed by atoms with Crippen LogP contribution in [0.2, 0.25) is 15.1 Å². The highest BCUT2D eigenvalue weighted by Crippen LogP contribution is 2.32. The van der Waals surface area contributed by atoms with E-state index in [1.54, 1.807) is 18.2 Å². The van der Waals surface area contributed by atoms with Gasteiger partial charge in [-0.2, -0.15) is 5.10 Å². The Bertz CT molecular complexity index is 1100. The minimum absolute atomic E-state index is 0.278. The lowest BCUT2D eigenvalue weighted by molar-refractivity contribution is -0.121. The molecule has 0 spiro atoms. The number of hydrazone groups is 1. The topological polar surface area (TPSA) is 57.2 Å². The zero-order valence-electron chi connectivity index (χ0n) is 20.2. The Kier molecular flexibility index (Phi) is 9.68. The third-order valence-corrected chi connectivity index (χ3v) is 7.24. The predicted molar refractivity (Wildman–Crippen MR) is 148 cm³/mol. The predicted octanol–water partition coefficient (Wildman–Crippen LogP) is 6.16. The standard InChI is InChI=1S/C27H31Cl3N4O2/c1-19-4-2-3-5-21(16-20-6-8-22(28)9-7-20)18-34(25-17-23(29)10-11-24(25)30)31-26(19)27(35)32-33-12-14-36-15-13-33/h6-11,17,21H,1-5,12-16,18H2,(H,32,35)/b31-26+. The maximum atomic E-state index is 13.4. The zero-order chi connectivity index (χ0) is 25.5. The number of benzene rings is 2. The van der Waals surface area contributed by atoms with Gasteiger partial charge in [-0.3, -0.25) is 15.2 Å². The van der Waals surface area contributed by atoms with Crippen LogP contribution in [0.15, 0.2) is 59.7 Å². The first kappa shape index (κ1) is 27.0. The van der Waals surface area contributed by atoms with Gasteiger partial charge in [0.25, 0.3) is 5.91 Å². The summed E-state index contributed by atoms with van der Waals surface area (Å²) in [6, 6.07) is 13.2. The first-order chi connectivity index (χ1) is 17.4. The molecule has 0 saturated carbocycles. The van der Waals surface area contributed by atoms with Crippen LogP contribution in [0.5, 0.6) is 0 Å². The quantitative estimate of drug-likeness (QED) is 0.485. The molecule has 6 nitrogen and oxygen atoms in total. The number of carbonyl (C=O) groups is 1. The Hall–Kier alpha value is -2.09. The van der Waals surface area contributed by atoms with E-state index in [1.807, 2.05) is 22.2 Å². The highest BCUT2D eigenvalue weighted by molar-refractivity contribution is 6.45. The summed E-state index contributed by atoms with van der Waals surface area (Å²) < 4.78 is 5.40. The van der Waals surface area contributed by atoms with Crippen molar-refractivity contribution < 1.29 is 9.53 Å². The van der Waals surface area contributed by atoms with E-state index in [0.717, 1.165) is 30.7 Å². The molecule has 1 unspecified atom stereocenters. The highest BCUT2D eigenvalue weighted by Gasteiger charge is 2.25. The molecule has 2 aliphatic heterocycles. The summed E-state index contributed by atoms with van der Waals surface area (Å²) in [5.74, 6) is -0.000214. The lowest BCUT2D eigenvalue weighted by Gasteiger charge is -2.30. The molecule has 4 rings (SSSR count). The van der Waals surface area contributed by atoms with Crippen LogP contribution < -0.4 is 10.4 Å². The van der Waals surface area contributed by atoms with Crippen molar-refractivity contribution in [3.05, 3.63) is 75.2 Å². The molecule has 0 radical (unpaired) electrons. The summed E-state index contributed by atoms with van der Waals surface area (Å²) in [5.41, 5.74) is 5.87. The van der Waals surface area contributed by atoms with Gasteiger partial charge in [-0.25, -0.2) is 5.01 Å². The number of anilines is 1. The second-order valence-electron chi connectivity index (χ2n) is 9.21. The minimum atomic E-state index is -0.278. The van der Waals surface area contributed by atoms with Crippen molar-refractivity contribution in [1.82, 2.24) is 10.4 Å². The summed E-state index contributed by atoms with van der Waals surface area (Å²) in [6.45, 7) is 7.18. The molecule has 1 fully saturated rings. The van der Waals surface area contributed by atoms with Gasteiger partial charge < -0.3 is 4.74 Å². The number of amides is 1. The fraction of sp³-hybridized carbons (Fsp3) is 0.407. The van der Waals surface area contributed by atoms with Gasteiger partial charge in [0, 0.05) is 29.7 Å². The van der Waals surface area contributed by atoms with Crippen molar-refractivity contribution in [1.29, 1.82) is 0 Å². The smallest absolute Gasteiger partial charge is 0.286 e. The van der Waals surface area contributed by atoms with E-state index in [0.29, 0.717) is 66.3 Å². The van der Waals surface area contributed by atoms with Crippen molar-refractivity contribution in [2.75, 3.05) is 37.9 Å². The van der Waals surface area contributed by atoms with Gasteiger partial charge in [0.05, 0.1) is 23.9 Å². The lowest BCUT2D eigenvalue weighted by Crippen LogP contribution is -2.51. The van der Waals surface area contributed by atoms with Crippen LogP contribution in [-0.2, 0) is 16.0 Å². The Labute approximate surface area is 227 Å². The first-order valence-electron chi connectivity index (χ1n) is 12.3. The van der Waals surface area contributed by atoms with Crippen molar-refractivity contribution in [2.45, 2.75) is 32.1 Å². The highest BCUT2D eigenvalue weighted by atomic mass is 35.5. The number of morpholine rings is 1. The largest absolute Gasteiger partial charge is 0.379 e. The normalized spacial score (nSPS) is 21.5. The molecule has 2 aliphatic rings. The molecular formula is C27H31Cl3N4O2. The molecule has 0 bridgehead atoms. The molecule has 1 N–H and O–H groups in total. The molecule has 1 saturated heterocycles. The van der Waals surface area contributed by atoms with E-state index in [1.165, 1.54) is 5.56 Å². The molecule has 2 heterocycles. The molecule has 2 aromatic rings. The number of halogens is 3. The van der Waals surface area contributed by atoms with Gasteiger partial charge >= 0.3 is 0 Å². The second kappa shape index (κ2) is 12.9. The number of rotatable bonds is 5. The Morgan fingerprint density at radius 2 is 1.78 bits per heavy atom. The van der Waals surface area contributed by atoms with Gasteiger partial charge in [0.2, 0.25) is 0 Å². The first-order valence-corrected chi connectivity index (χ1v) is 13.4. The monoisotopic (exact) mass is 548 g/mol. The van der Waals surface area contributed by atoms with Crippen molar-refractivity contribution in [3.8, 4) is 0 Å². The average Bonchev–Trinajstić information content (AvgIpc) is 2.87. The van der Waals surface area contributed by atoms with E-state index in [-0.39, 0.29) is 11.8 Å². The summed E-state index contributed by atoms with van der Waals surface area (Å²) in [6.07, 6.45) is 4.53. The molecule has 1 amide bonds. The zero-order valence-corrected chi connectivity index (χ0v) is 22.5. The fourth-order valence-corrected chi connectivity index (χ4v) is 5.00. The van der Waals surface area contributed by atoms with E-state index in [2.05, 4.69) is 24.1 Å². The average molecular weight is 550 g/mol. The number of hydrogen-bond acceptors (Lipinski definition) is 5. The third-order valence-electron chi connectivity index (χ3n) is 6.44. The van der Waals surface area contributed by atoms with Crippen LogP contribution in [0.1, 0.15) is 31.2 Å². The summed E-state index contributed by atoms with van der Waals surface area (Å²) in [4.78, 5) is 13.4. The van der Waals surface area contributed by atoms with Crippen molar-refractivity contribution in [3.63, 3.8) is 0 Å². The molecule has 9 heteroatoms. The number of ether oxygens (including phenoxy) is 1. The van der Waals surface area contributed by atoms with Crippen LogP contribution in [0.25, 0.3) is 0 Å². The molecule has 36 heavy (non-hydrogen) atoms. The molecule has 192 valence electrons. The molecule has 0 aromatic heterocycles. The van der Waals surface area contributed by atoms with Crippen LogP contribution in [-0.4, -0.2) is 49.5 Å². The number of nitrogens with zero attached hydrogens (tertiary/aromatic N) is 3. The van der Waals surface area contributed by atoms with E-state index in [9.17, 15) is 4.79 Å². The van der Waals surface area contributed by atoms with Gasteiger partial charge in [-0.05, 0) is 73.1 Å². The maximum Gasteiger partial charge on any atom is 0.286 e. The number of nitrogens with one attached hydrogen (secondary N) is 1. The van der Waals surface area contributed by atoms with E-state index >= 15 is 0 Å². The molecule has 0 aliphatic carbocycles. The van der Waals surface area contributed by atoms with Gasteiger partial charge in [-0.1, -0.05) is 59.9 Å². The second-order valence-corrected chi connectivity index (χ2v) is 10.5. The van der Waals surface area contributed by atoms with Crippen LogP contribution in [0, 0.1) is 5.92 Å². The van der Waals surface area contributed by atoms with Gasteiger partial charge in [-0.15, -0.1) is 0 Å². The van der Waals surface area contributed by atoms with Gasteiger partial charge in [0.15, 0.2) is 5.71 Å². The summed E-state index contributed by atoms with van der Waals surface area (Å²) in [5, 5.41) is 10.3. The molecule has 2 aromatic carbocycles. The Morgan fingerprint density at radius 3 is 2.53 bits per heavy atom. The third kappa shape index (κ3) is 7.46. The minimum Gasteiger partial charge on any atom is -0.379 e. The summed E-state index contributed by atoms with van der Waals surface area (Å²) in [7, 11) is 0. The Balaban J connectivity index is 1.67. The fourth-order valence-electron chi connectivity index (χ4n) is 4.49. The van der Waals surface area contributed by atoms with Crippen LogP contribution >= 0.6 is 34.8 Å². The number of hydrazine groups is 1. The van der Waals surface area contributed by atoms with Crippen molar-refractivity contribution >= 4 is 52.1 Å².